The van der Waals surface area contributed by atoms with Gasteiger partial charge in [0, 0.05) is 14.1 Å². The Morgan fingerprint density at radius 3 is 2.08 bits per heavy atom. The quantitative estimate of drug-likeness (QED) is 0.376. The molecule has 0 saturated carbocycles. The van der Waals surface area contributed by atoms with Crippen LogP contribution in [0.25, 0.3) is 0 Å². The van der Waals surface area contributed by atoms with Crippen molar-refractivity contribution in [1.29, 1.82) is 0 Å². The van der Waals surface area contributed by atoms with Gasteiger partial charge in [-0.15, -0.1) is 0 Å². The van der Waals surface area contributed by atoms with Crippen LogP contribution in [0.3, 0.4) is 0 Å². The summed E-state index contributed by atoms with van der Waals surface area (Å²) in [7, 11) is 3.95. The first-order chi connectivity index (χ1) is 5.49. The van der Waals surface area contributed by atoms with Crippen LogP contribution in [0.2, 0.25) is 0 Å². The first kappa shape index (κ1) is 10.4. The summed E-state index contributed by atoms with van der Waals surface area (Å²) in [6, 6.07) is -0.662. The zero-order valence-corrected chi connectivity index (χ0v) is 7.08. The van der Waals surface area contributed by atoms with E-state index in [2.05, 4.69) is 4.74 Å². The first-order valence-corrected chi connectivity index (χ1v) is 3.09. The number of ether oxygens (including phenoxy) is 1. The van der Waals surface area contributed by atoms with Crippen LogP contribution in [0.1, 0.15) is 0 Å². The van der Waals surface area contributed by atoms with Gasteiger partial charge in [0.2, 0.25) is 0 Å². The van der Waals surface area contributed by atoms with Gasteiger partial charge in [-0.05, 0) is 0 Å². The molecule has 6 heteroatoms. The number of hydrogen-bond donors (Lipinski definition) is 1. The number of hydrogen-bond acceptors (Lipinski definition) is 4. The molecule has 6 nitrogen and oxygen atoms in total. The minimum absolute atomic E-state index is 0.662. The molecule has 0 aromatic rings. The van der Waals surface area contributed by atoms with Crippen LogP contribution in [0.4, 0.5) is 4.79 Å². The highest BCUT2D eigenvalue weighted by atomic mass is 16.5. The second-order valence-electron chi connectivity index (χ2n) is 2.15. The number of imide groups is 1. The van der Waals surface area contributed by atoms with Crippen molar-refractivity contribution < 1.29 is 19.1 Å². The maximum atomic E-state index is 10.8. The van der Waals surface area contributed by atoms with Crippen molar-refractivity contribution in [2.75, 3.05) is 21.2 Å². The molecule has 0 aliphatic rings. The van der Waals surface area contributed by atoms with Gasteiger partial charge in [0.05, 0.1) is 7.11 Å². The average Bonchev–Trinajstić information content (AvgIpc) is 2.02. The summed E-state index contributed by atoms with van der Waals surface area (Å²) in [5.41, 5.74) is 0. The standard InChI is InChI=1S/C6H10N2O4/c1-8(2)6(11)7-4(9)5(10)12-3/h1-3H3,(H,7,9,11). The maximum absolute atomic E-state index is 10.8. The molecule has 3 amide bonds. The molecular formula is C6H10N2O4. The summed E-state index contributed by atoms with van der Waals surface area (Å²) in [6.45, 7) is 0. The molecule has 0 fully saturated rings. The molecule has 0 aromatic carbocycles. The predicted octanol–water partition coefficient (Wildman–Crippen LogP) is -1.04. The SMILES string of the molecule is COC(=O)C(=O)NC(=O)N(C)C. The molecule has 0 spiro atoms. The summed E-state index contributed by atoms with van der Waals surface area (Å²) in [5, 5.41) is 1.80. The van der Waals surface area contributed by atoms with Crippen molar-refractivity contribution in [3.05, 3.63) is 0 Å². The Morgan fingerprint density at radius 1 is 1.25 bits per heavy atom. The van der Waals surface area contributed by atoms with E-state index >= 15 is 0 Å². The van der Waals surface area contributed by atoms with Crippen LogP contribution in [-0.4, -0.2) is 44.0 Å². The zero-order valence-electron chi connectivity index (χ0n) is 7.08. The molecule has 1 N–H and O–H groups in total. The molecule has 0 saturated heterocycles. The Kier molecular flexibility index (Phi) is 3.75. The molecule has 0 aliphatic heterocycles. The molecule has 0 radical (unpaired) electrons. The van der Waals surface area contributed by atoms with Crippen LogP contribution in [0.5, 0.6) is 0 Å². The lowest BCUT2D eigenvalue weighted by Crippen LogP contribution is -2.42. The van der Waals surface area contributed by atoms with Gasteiger partial charge in [-0.25, -0.2) is 9.59 Å². The Hall–Kier alpha value is -1.59. The molecule has 0 heterocycles. The van der Waals surface area contributed by atoms with Crippen LogP contribution < -0.4 is 5.32 Å². The summed E-state index contributed by atoms with van der Waals surface area (Å²) >= 11 is 0. The lowest BCUT2D eigenvalue weighted by molar-refractivity contribution is -0.152. The van der Waals surface area contributed by atoms with E-state index in [4.69, 9.17) is 0 Å². The summed E-state index contributed by atoms with van der Waals surface area (Å²) in [6.07, 6.45) is 0. The Morgan fingerprint density at radius 2 is 1.75 bits per heavy atom. The third-order valence-electron chi connectivity index (χ3n) is 0.997. The number of carbonyl (C=O) groups excluding carboxylic acids is 3. The van der Waals surface area contributed by atoms with Crippen molar-refractivity contribution in [3.63, 3.8) is 0 Å². The number of nitrogens with zero attached hydrogens (tertiary/aromatic N) is 1. The number of carbonyl (C=O) groups is 3. The molecule has 0 atom stereocenters. The Bertz CT molecular complexity index is 212. The zero-order chi connectivity index (χ0) is 9.72. The number of urea groups is 1. The fraction of sp³-hybridized carbons (Fsp3) is 0.500. The van der Waals surface area contributed by atoms with E-state index in [1.54, 1.807) is 5.32 Å². The van der Waals surface area contributed by atoms with Gasteiger partial charge in [-0.2, -0.15) is 0 Å². The third kappa shape index (κ3) is 3.00. The fourth-order valence-corrected chi connectivity index (χ4v) is 0.353. The Labute approximate surface area is 69.5 Å². The number of nitrogens with one attached hydrogen (secondary N) is 1. The van der Waals surface area contributed by atoms with E-state index in [0.717, 1.165) is 12.0 Å². The number of rotatable bonds is 0. The van der Waals surface area contributed by atoms with Gasteiger partial charge in [-0.1, -0.05) is 0 Å². The van der Waals surface area contributed by atoms with E-state index < -0.39 is 17.9 Å². The van der Waals surface area contributed by atoms with Gasteiger partial charge in [0.25, 0.3) is 0 Å². The van der Waals surface area contributed by atoms with Gasteiger partial charge < -0.3 is 9.64 Å². The van der Waals surface area contributed by atoms with Crippen LogP contribution in [-0.2, 0) is 14.3 Å². The van der Waals surface area contributed by atoms with Crippen molar-refractivity contribution in [1.82, 2.24) is 10.2 Å². The smallest absolute Gasteiger partial charge is 0.397 e. The van der Waals surface area contributed by atoms with Gasteiger partial charge in [-0.3, -0.25) is 10.1 Å². The molecule has 0 aliphatic carbocycles. The van der Waals surface area contributed by atoms with E-state index in [1.165, 1.54) is 14.1 Å². The lowest BCUT2D eigenvalue weighted by Gasteiger charge is -2.09. The number of amides is 3. The van der Waals surface area contributed by atoms with Gasteiger partial charge in [0.1, 0.15) is 0 Å². The highest BCUT2D eigenvalue weighted by Gasteiger charge is 2.17. The Balaban J connectivity index is 4.02. The molecule has 0 bridgehead atoms. The number of methoxy groups -OCH3 is 1. The minimum Gasteiger partial charge on any atom is -0.462 e. The first-order valence-electron chi connectivity index (χ1n) is 3.09. The van der Waals surface area contributed by atoms with Crippen molar-refractivity contribution in [2.45, 2.75) is 0 Å². The van der Waals surface area contributed by atoms with E-state index in [-0.39, 0.29) is 0 Å². The second kappa shape index (κ2) is 4.32. The van der Waals surface area contributed by atoms with Crippen LogP contribution in [0, 0.1) is 0 Å². The number of esters is 1. The van der Waals surface area contributed by atoms with Crippen molar-refractivity contribution >= 4 is 17.9 Å². The summed E-state index contributed by atoms with van der Waals surface area (Å²) in [4.78, 5) is 33.0. The largest absolute Gasteiger partial charge is 0.462 e. The fourth-order valence-electron chi connectivity index (χ4n) is 0.353. The predicted molar refractivity (Wildman–Crippen MR) is 39.2 cm³/mol. The van der Waals surface area contributed by atoms with E-state index in [9.17, 15) is 14.4 Å². The normalized spacial score (nSPS) is 8.58. The highest BCUT2D eigenvalue weighted by molar-refractivity contribution is 6.35. The van der Waals surface area contributed by atoms with Crippen molar-refractivity contribution in [3.8, 4) is 0 Å². The molecule has 0 aromatic heterocycles. The van der Waals surface area contributed by atoms with Gasteiger partial charge in [0.15, 0.2) is 0 Å². The average molecular weight is 174 g/mol. The monoisotopic (exact) mass is 174 g/mol. The van der Waals surface area contributed by atoms with E-state index in [0.29, 0.717) is 0 Å². The maximum Gasteiger partial charge on any atom is 0.397 e. The van der Waals surface area contributed by atoms with Gasteiger partial charge >= 0.3 is 17.9 Å². The molecule has 68 valence electrons. The topological polar surface area (TPSA) is 75.7 Å². The third-order valence-corrected chi connectivity index (χ3v) is 0.997. The minimum atomic E-state index is -1.09. The molecule has 0 unspecified atom stereocenters. The molecule has 0 rings (SSSR count). The summed E-state index contributed by atoms with van der Waals surface area (Å²) < 4.78 is 4.07. The molecule has 12 heavy (non-hydrogen) atoms. The summed E-state index contributed by atoms with van der Waals surface area (Å²) in [5.74, 6) is -2.17. The molecular weight excluding hydrogens is 164 g/mol. The lowest BCUT2D eigenvalue weighted by atomic mass is 10.6. The van der Waals surface area contributed by atoms with Crippen LogP contribution in [0.15, 0.2) is 0 Å². The van der Waals surface area contributed by atoms with Crippen LogP contribution >= 0.6 is 0 Å². The van der Waals surface area contributed by atoms with Crippen molar-refractivity contribution in [2.24, 2.45) is 0 Å². The second-order valence-corrected chi connectivity index (χ2v) is 2.15. The highest BCUT2D eigenvalue weighted by Crippen LogP contribution is 1.79. The van der Waals surface area contributed by atoms with E-state index in [1.807, 2.05) is 0 Å².